The SMILES string of the molecule is CC(=O)Nc1ccc2c(Nc3ccc(NS(C)(=O)=O)cc3)c3ccccc3nc2c1.Cl. The molecule has 7 nitrogen and oxygen atoms in total. The van der Waals surface area contributed by atoms with Crippen LogP contribution < -0.4 is 15.4 Å². The van der Waals surface area contributed by atoms with Crippen LogP contribution in [0.15, 0.2) is 66.7 Å². The lowest BCUT2D eigenvalue weighted by molar-refractivity contribution is -0.114. The minimum Gasteiger partial charge on any atom is -0.354 e. The molecular weight excluding hydrogens is 436 g/mol. The Kier molecular flexibility index (Phi) is 6.33. The lowest BCUT2D eigenvalue weighted by Crippen LogP contribution is -2.09. The van der Waals surface area contributed by atoms with E-state index in [1.165, 1.54) is 6.92 Å². The fourth-order valence-corrected chi connectivity index (χ4v) is 3.85. The molecule has 4 rings (SSSR count). The molecule has 0 aliphatic rings. The van der Waals surface area contributed by atoms with E-state index in [0.29, 0.717) is 11.4 Å². The summed E-state index contributed by atoms with van der Waals surface area (Å²) in [7, 11) is -3.33. The zero-order valence-electron chi connectivity index (χ0n) is 16.8. The molecule has 0 saturated carbocycles. The lowest BCUT2D eigenvalue weighted by Gasteiger charge is -2.15. The minimum atomic E-state index is -3.33. The van der Waals surface area contributed by atoms with E-state index in [0.717, 1.165) is 39.4 Å². The van der Waals surface area contributed by atoms with Crippen molar-refractivity contribution in [3.05, 3.63) is 66.7 Å². The molecule has 0 aliphatic heterocycles. The summed E-state index contributed by atoms with van der Waals surface area (Å²) in [5.74, 6) is -0.142. The fourth-order valence-electron chi connectivity index (χ4n) is 3.29. The first-order valence-electron chi connectivity index (χ1n) is 9.23. The second-order valence-electron chi connectivity index (χ2n) is 6.99. The Morgan fingerprint density at radius 2 is 1.45 bits per heavy atom. The molecule has 3 N–H and O–H groups in total. The highest BCUT2D eigenvalue weighted by molar-refractivity contribution is 7.92. The predicted molar refractivity (Wildman–Crippen MR) is 129 cm³/mol. The third-order valence-electron chi connectivity index (χ3n) is 4.46. The molecule has 0 radical (unpaired) electrons. The Morgan fingerprint density at radius 3 is 2.13 bits per heavy atom. The van der Waals surface area contributed by atoms with Gasteiger partial charge in [-0.2, -0.15) is 0 Å². The maximum Gasteiger partial charge on any atom is 0.229 e. The second-order valence-corrected chi connectivity index (χ2v) is 8.74. The maximum absolute atomic E-state index is 11.4. The molecule has 0 spiro atoms. The van der Waals surface area contributed by atoms with Gasteiger partial charge in [-0.25, -0.2) is 13.4 Å². The maximum atomic E-state index is 11.4. The van der Waals surface area contributed by atoms with E-state index < -0.39 is 10.0 Å². The number of hydrogen-bond acceptors (Lipinski definition) is 5. The first-order chi connectivity index (χ1) is 14.3. The van der Waals surface area contributed by atoms with Crippen molar-refractivity contribution in [3.8, 4) is 0 Å². The van der Waals surface area contributed by atoms with Crippen molar-refractivity contribution in [1.29, 1.82) is 0 Å². The molecule has 1 heterocycles. The van der Waals surface area contributed by atoms with Crippen LogP contribution in [0.4, 0.5) is 22.7 Å². The summed E-state index contributed by atoms with van der Waals surface area (Å²) in [4.78, 5) is 16.1. The van der Waals surface area contributed by atoms with Gasteiger partial charge in [-0.1, -0.05) is 18.2 Å². The Balaban J connectivity index is 0.00000272. The highest BCUT2D eigenvalue weighted by atomic mass is 35.5. The summed E-state index contributed by atoms with van der Waals surface area (Å²) in [6.45, 7) is 1.47. The van der Waals surface area contributed by atoms with E-state index in [2.05, 4.69) is 15.4 Å². The topological polar surface area (TPSA) is 100 Å². The van der Waals surface area contributed by atoms with Crippen LogP contribution in [0.25, 0.3) is 21.8 Å². The van der Waals surface area contributed by atoms with Gasteiger partial charge in [-0.05, 0) is 48.5 Å². The fraction of sp³-hybridized carbons (Fsp3) is 0.0909. The van der Waals surface area contributed by atoms with E-state index in [1.54, 1.807) is 24.3 Å². The molecule has 0 bridgehead atoms. The van der Waals surface area contributed by atoms with Crippen molar-refractivity contribution in [1.82, 2.24) is 4.98 Å². The zero-order valence-corrected chi connectivity index (χ0v) is 18.5. The highest BCUT2D eigenvalue weighted by Gasteiger charge is 2.11. The number of sulfonamides is 1. The summed E-state index contributed by atoms with van der Waals surface area (Å²) in [6, 6.07) is 20.4. The molecule has 0 saturated heterocycles. The number of carbonyl (C=O) groups excluding carboxylic acids is 1. The van der Waals surface area contributed by atoms with Gasteiger partial charge in [0.25, 0.3) is 0 Å². The molecule has 31 heavy (non-hydrogen) atoms. The number of para-hydroxylation sites is 1. The Bertz CT molecular complexity index is 1370. The van der Waals surface area contributed by atoms with Crippen molar-refractivity contribution in [3.63, 3.8) is 0 Å². The largest absolute Gasteiger partial charge is 0.354 e. The number of nitrogens with one attached hydrogen (secondary N) is 3. The molecule has 0 atom stereocenters. The number of hydrogen-bond donors (Lipinski definition) is 3. The summed E-state index contributed by atoms with van der Waals surface area (Å²) < 4.78 is 25.3. The molecule has 0 fully saturated rings. The number of halogens is 1. The van der Waals surface area contributed by atoms with Crippen LogP contribution in [0.1, 0.15) is 6.92 Å². The van der Waals surface area contributed by atoms with Crippen molar-refractivity contribution in [2.75, 3.05) is 21.6 Å². The van der Waals surface area contributed by atoms with Gasteiger partial charge >= 0.3 is 0 Å². The molecule has 0 aliphatic carbocycles. The van der Waals surface area contributed by atoms with Crippen LogP contribution in [-0.4, -0.2) is 25.6 Å². The van der Waals surface area contributed by atoms with Crippen LogP contribution in [0, 0.1) is 0 Å². The lowest BCUT2D eigenvalue weighted by atomic mass is 10.1. The van der Waals surface area contributed by atoms with Gasteiger partial charge in [0.15, 0.2) is 0 Å². The van der Waals surface area contributed by atoms with Crippen LogP contribution in [0.3, 0.4) is 0 Å². The molecule has 1 amide bonds. The van der Waals surface area contributed by atoms with Gasteiger partial charge in [-0.3, -0.25) is 9.52 Å². The molecule has 0 unspecified atom stereocenters. The predicted octanol–water partition coefficient (Wildman–Crippen LogP) is 4.88. The monoisotopic (exact) mass is 456 g/mol. The van der Waals surface area contributed by atoms with Crippen molar-refractivity contribution in [2.24, 2.45) is 0 Å². The van der Waals surface area contributed by atoms with Gasteiger partial charge in [0.2, 0.25) is 15.9 Å². The number of benzene rings is 3. The van der Waals surface area contributed by atoms with Crippen LogP contribution >= 0.6 is 12.4 Å². The quantitative estimate of drug-likeness (QED) is 0.371. The van der Waals surface area contributed by atoms with E-state index >= 15 is 0 Å². The van der Waals surface area contributed by atoms with Gasteiger partial charge in [0.05, 0.1) is 23.0 Å². The number of nitrogens with zero attached hydrogens (tertiary/aromatic N) is 1. The van der Waals surface area contributed by atoms with Crippen molar-refractivity contribution in [2.45, 2.75) is 6.92 Å². The second kappa shape index (κ2) is 8.79. The van der Waals surface area contributed by atoms with Crippen molar-refractivity contribution >= 4 is 72.9 Å². The van der Waals surface area contributed by atoms with E-state index in [-0.39, 0.29) is 18.3 Å². The van der Waals surface area contributed by atoms with E-state index in [4.69, 9.17) is 4.98 Å². The van der Waals surface area contributed by atoms with Crippen LogP contribution in [0.2, 0.25) is 0 Å². The van der Waals surface area contributed by atoms with Crippen LogP contribution in [0.5, 0.6) is 0 Å². The van der Waals surface area contributed by atoms with Crippen molar-refractivity contribution < 1.29 is 13.2 Å². The third kappa shape index (κ3) is 5.22. The number of amides is 1. The first-order valence-corrected chi connectivity index (χ1v) is 11.1. The molecular formula is C22H21ClN4O3S. The molecule has 3 aromatic carbocycles. The van der Waals surface area contributed by atoms with Crippen LogP contribution in [-0.2, 0) is 14.8 Å². The number of carbonyl (C=O) groups is 1. The van der Waals surface area contributed by atoms with Gasteiger partial charge in [-0.15, -0.1) is 12.4 Å². The van der Waals surface area contributed by atoms with Gasteiger partial charge in [0, 0.05) is 34.8 Å². The molecule has 9 heteroatoms. The van der Waals surface area contributed by atoms with E-state index in [9.17, 15) is 13.2 Å². The molecule has 4 aromatic rings. The Morgan fingerprint density at radius 1 is 0.839 bits per heavy atom. The smallest absolute Gasteiger partial charge is 0.229 e. The zero-order chi connectivity index (χ0) is 21.3. The number of aromatic nitrogens is 1. The Hall–Kier alpha value is -3.36. The number of anilines is 4. The highest BCUT2D eigenvalue weighted by Crippen LogP contribution is 2.34. The molecule has 160 valence electrons. The molecule has 1 aromatic heterocycles. The van der Waals surface area contributed by atoms with Gasteiger partial charge < -0.3 is 10.6 Å². The van der Waals surface area contributed by atoms with E-state index in [1.807, 2.05) is 42.5 Å². The number of fused-ring (bicyclic) bond motifs is 2. The average molecular weight is 457 g/mol. The number of rotatable bonds is 5. The summed E-state index contributed by atoms with van der Waals surface area (Å²) >= 11 is 0. The first kappa shape index (κ1) is 22.3. The summed E-state index contributed by atoms with van der Waals surface area (Å²) in [5.41, 5.74) is 4.43. The third-order valence-corrected chi connectivity index (χ3v) is 5.07. The summed E-state index contributed by atoms with van der Waals surface area (Å²) in [6.07, 6.45) is 1.11. The Labute approximate surface area is 186 Å². The number of pyridine rings is 1. The summed E-state index contributed by atoms with van der Waals surface area (Å²) in [5, 5.41) is 8.08. The average Bonchev–Trinajstić information content (AvgIpc) is 2.67. The normalized spacial score (nSPS) is 11.0. The minimum absolute atomic E-state index is 0. The standard InChI is InChI=1S/C22H20N4O3S.ClH/c1-14(27)23-17-11-12-19-21(13-17)25-20-6-4-3-5-18(20)22(19)24-15-7-9-16(10-8-15)26-30(2,28)29;/h3-13,26H,1-2H3,(H,23,27)(H,24,25);1H. The van der Waals surface area contributed by atoms with Gasteiger partial charge in [0.1, 0.15) is 0 Å².